The van der Waals surface area contributed by atoms with Gasteiger partial charge >= 0.3 is 11.9 Å². The Kier molecular flexibility index (Phi) is 6.37. The van der Waals surface area contributed by atoms with Crippen LogP contribution in [0.5, 0.6) is 0 Å². The summed E-state index contributed by atoms with van der Waals surface area (Å²) in [4.78, 5) is 23.8. The molecule has 140 valence electrons. The predicted octanol–water partition coefficient (Wildman–Crippen LogP) is 3.43. The van der Waals surface area contributed by atoms with Gasteiger partial charge in [-0.05, 0) is 16.3 Å². The molecule has 0 spiro atoms. The lowest BCUT2D eigenvalue weighted by atomic mass is 9.90. The van der Waals surface area contributed by atoms with Crippen LogP contribution in [0.1, 0.15) is 33.3 Å². The Morgan fingerprint density at radius 3 is 1.92 bits per heavy atom. The van der Waals surface area contributed by atoms with Crippen molar-refractivity contribution in [2.75, 3.05) is 13.2 Å². The topological polar surface area (TPSA) is 72.8 Å². The van der Waals surface area contributed by atoms with Crippen LogP contribution in [0.3, 0.4) is 0 Å². The number of hydrogen-bond acceptors (Lipinski definition) is 5. The predicted molar refractivity (Wildman–Crippen MR) is 99.4 cm³/mol. The van der Waals surface area contributed by atoms with Crippen LogP contribution in [0.15, 0.2) is 42.5 Å². The molecule has 0 saturated heterocycles. The first-order chi connectivity index (χ1) is 12.2. The van der Waals surface area contributed by atoms with Crippen LogP contribution >= 0.6 is 0 Å². The van der Waals surface area contributed by atoms with Gasteiger partial charge in [0.25, 0.3) is 0 Å². The van der Waals surface area contributed by atoms with Crippen molar-refractivity contribution in [3.05, 3.63) is 48.0 Å². The van der Waals surface area contributed by atoms with Crippen LogP contribution in [0.25, 0.3) is 10.8 Å². The summed E-state index contributed by atoms with van der Waals surface area (Å²) in [6.07, 6.45) is 0. The van der Waals surface area contributed by atoms with Gasteiger partial charge in [0.2, 0.25) is 0 Å². The van der Waals surface area contributed by atoms with Gasteiger partial charge < -0.3 is 14.6 Å². The molecule has 0 aliphatic heterocycles. The summed E-state index contributed by atoms with van der Waals surface area (Å²) in [5, 5.41) is 13.0. The first-order valence-electron chi connectivity index (χ1n) is 8.78. The third-order valence-corrected chi connectivity index (χ3v) is 4.14. The fraction of sp³-hybridized carbons (Fsp3) is 0.429. The van der Waals surface area contributed by atoms with Gasteiger partial charge in [0.1, 0.15) is 13.2 Å². The minimum Gasteiger partial charge on any atom is -0.462 e. The second kappa shape index (κ2) is 8.32. The summed E-state index contributed by atoms with van der Waals surface area (Å²) in [7, 11) is 0. The highest BCUT2D eigenvalue weighted by Crippen LogP contribution is 2.30. The highest BCUT2D eigenvalue weighted by atomic mass is 16.6. The lowest BCUT2D eigenvalue weighted by Crippen LogP contribution is -2.39. The van der Waals surface area contributed by atoms with Gasteiger partial charge in [0.15, 0.2) is 5.60 Å². The maximum atomic E-state index is 11.9. The quantitative estimate of drug-likeness (QED) is 0.768. The molecule has 0 atom stereocenters. The van der Waals surface area contributed by atoms with Crippen molar-refractivity contribution in [1.82, 2.24) is 0 Å². The van der Waals surface area contributed by atoms with Crippen molar-refractivity contribution in [2.24, 2.45) is 11.8 Å². The van der Waals surface area contributed by atoms with E-state index in [2.05, 4.69) is 0 Å². The number of fused-ring (bicyclic) bond motifs is 1. The number of carbonyl (C=O) groups excluding carboxylic acids is 2. The zero-order valence-electron chi connectivity index (χ0n) is 15.7. The van der Waals surface area contributed by atoms with Crippen LogP contribution in [-0.4, -0.2) is 30.3 Å². The largest absolute Gasteiger partial charge is 0.462 e. The van der Waals surface area contributed by atoms with Crippen molar-refractivity contribution in [3.63, 3.8) is 0 Å². The van der Waals surface area contributed by atoms with E-state index in [4.69, 9.17) is 9.47 Å². The summed E-state index contributed by atoms with van der Waals surface area (Å²) in [5.41, 5.74) is -1.07. The molecule has 0 aliphatic rings. The average molecular weight is 358 g/mol. The monoisotopic (exact) mass is 358 g/mol. The van der Waals surface area contributed by atoms with E-state index in [0.29, 0.717) is 5.56 Å². The molecule has 2 aromatic rings. The molecular weight excluding hydrogens is 332 g/mol. The van der Waals surface area contributed by atoms with Crippen molar-refractivity contribution >= 4 is 22.7 Å². The van der Waals surface area contributed by atoms with E-state index in [9.17, 15) is 14.7 Å². The Labute approximate surface area is 153 Å². The second-order valence-corrected chi connectivity index (χ2v) is 7.08. The lowest BCUT2D eigenvalue weighted by molar-refractivity contribution is -0.168. The van der Waals surface area contributed by atoms with Gasteiger partial charge in [-0.15, -0.1) is 0 Å². The van der Waals surface area contributed by atoms with Crippen LogP contribution in [0.4, 0.5) is 0 Å². The third kappa shape index (κ3) is 4.61. The van der Waals surface area contributed by atoms with E-state index < -0.39 is 17.5 Å². The van der Waals surface area contributed by atoms with Crippen molar-refractivity contribution in [2.45, 2.75) is 33.3 Å². The summed E-state index contributed by atoms with van der Waals surface area (Å²) in [6.45, 7) is 6.30. The molecule has 1 N–H and O–H groups in total. The highest BCUT2D eigenvalue weighted by Gasteiger charge is 2.35. The molecule has 0 amide bonds. The third-order valence-electron chi connectivity index (χ3n) is 4.14. The summed E-state index contributed by atoms with van der Waals surface area (Å²) >= 11 is 0. The number of aliphatic hydroxyl groups is 1. The van der Waals surface area contributed by atoms with Gasteiger partial charge in [-0.25, -0.2) is 0 Å². The lowest BCUT2D eigenvalue weighted by Gasteiger charge is -2.29. The molecule has 2 aromatic carbocycles. The SMILES string of the molecule is CC(C)C(=O)OCC(O)(COC(=O)C(C)C)c1cccc2ccccc12. The fourth-order valence-corrected chi connectivity index (χ4v) is 2.54. The van der Waals surface area contributed by atoms with Crippen LogP contribution in [0.2, 0.25) is 0 Å². The molecule has 2 rings (SSSR count). The van der Waals surface area contributed by atoms with E-state index in [1.807, 2.05) is 36.4 Å². The summed E-state index contributed by atoms with van der Waals surface area (Å²) in [5.74, 6) is -1.47. The molecular formula is C21H26O5. The number of esters is 2. The highest BCUT2D eigenvalue weighted by molar-refractivity contribution is 5.86. The van der Waals surface area contributed by atoms with Crippen LogP contribution < -0.4 is 0 Å². The molecule has 0 unspecified atom stereocenters. The zero-order chi connectivity index (χ0) is 19.3. The van der Waals surface area contributed by atoms with Gasteiger partial charge in [0.05, 0.1) is 11.8 Å². The molecule has 5 heteroatoms. The molecule has 0 bridgehead atoms. The van der Waals surface area contributed by atoms with Crippen LogP contribution in [0, 0.1) is 11.8 Å². The Morgan fingerprint density at radius 2 is 1.38 bits per heavy atom. The van der Waals surface area contributed by atoms with E-state index in [-0.39, 0.29) is 25.0 Å². The number of benzene rings is 2. The Bertz CT molecular complexity index is 750. The molecule has 0 heterocycles. The van der Waals surface area contributed by atoms with Gasteiger partial charge in [0, 0.05) is 0 Å². The zero-order valence-corrected chi connectivity index (χ0v) is 15.7. The normalized spacial score (nSPS) is 11.8. The number of rotatable bonds is 7. The maximum absolute atomic E-state index is 11.9. The smallest absolute Gasteiger partial charge is 0.308 e. The number of carbonyl (C=O) groups is 2. The van der Waals surface area contributed by atoms with E-state index in [1.165, 1.54) is 0 Å². The summed E-state index contributed by atoms with van der Waals surface area (Å²) in [6, 6.07) is 13.1. The molecule has 26 heavy (non-hydrogen) atoms. The fourth-order valence-electron chi connectivity index (χ4n) is 2.54. The first kappa shape index (κ1) is 19.9. The average Bonchev–Trinajstić information content (AvgIpc) is 2.63. The first-order valence-corrected chi connectivity index (χ1v) is 8.78. The molecule has 0 saturated carbocycles. The Morgan fingerprint density at radius 1 is 0.885 bits per heavy atom. The van der Waals surface area contributed by atoms with E-state index >= 15 is 0 Å². The minimum absolute atomic E-state index is 0.288. The van der Waals surface area contributed by atoms with Crippen molar-refractivity contribution < 1.29 is 24.2 Å². The second-order valence-electron chi connectivity index (χ2n) is 7.08. The van der Waals surface area contributed by atoms with Crippen molar-refractivity contribution in [1.29, 1.82) is 0 Å². The molecule has 0 fully saturated rings. The van der Waals surface area contributed by atoms with Crippen molar-refractivity contribution in [3.8, 4) is 0 Å². The number of ether oxygens (including phenoxy) is 2. The molecule has 0 radical (unpaired) electrons. The molecule has 0 aromatic heterocycles. The minimum atomic E-state index is -1.63. The Balaban J connectivity index is 2.38. The van der Waals surface area contributed by atoms with E-state index in [1.54, 1.807) is 33.8 Å². The standard InChI is InChI=1S/C21H26O5/c1-14(2)19(22)25-12-21(24,13-26-20(23)15(3)4)18-11-7-9-16-8-5-6-10-17(16)18/h5-11,14-15,24H,12-13H2,1-4H3. The van der Waals surface area contributed by atoms with Gasteiger partial charge in [-0.2, -0.15) is 0 Å². The molecule has 5 nitrogen and oxygen atoms in total. The summed E-state index contributed by atoms with van der Waals surface area (Å²) < 4.78 is 10.6. The van der Waals surface area contributed by atoms with Gasteiger partial charge in [-0.3, -0.25) is 9.59 Å². The van der Waals surface area contributed by atoms with Gasteiger partial charge in [-0.1, -0.05) is 70.2 Å². The maximum Gasteiger partial charge on any atom is 0.308 e. The molecule has 0 aliphatic carbocycles. The van der Waals surface area contributed by atoms with Crippen LogP contribution in [-0.2, 0) is 24.7 Å². The number of hydrogen-bond donors (Lipinski definition) is 1. The van der Waals surface area contributed by atoms with E-state index in [0.717, 1.165) is 10.8 Å². The Hall–Kier alpha value is -2.40.